The molecule has 0 aliphatic carbocycles. The Morgan fingerprint density at radius 2 is 0.589 bits per heavy atom. The van der Waals surface area contributed by atoms with Gasteiger partial charge in [0.15, 0.2) is 0 Å². The Kier molecular flexibility index (Phi) is 7.53. The van der Waals surface area contributed by atoms with E-state index in [9.17, 15) is 0 Å². The van der Waals surface area contributed by atoms with Crippen LogP contribution in [0.5, 0.6) is 0 Å². The van der Waals surface area contributed by atoms with Crippen LogP contribution in [-0.4, -0.2) is 9.13 Å². The summed E-state index contributed by atoms with van der Waals surface area (Å²) >= 11 is 0. The van der Waals surface area contributed by atoms with Gasteiger partial charge in [0, 0.05) is 32.9 Å². The van der Waals surface area contributed by atoms with E-state index in [1.165, 1.54) is 93.8 Å². The van der Waals surface area contributed by atoms with E-state index in [2.05, 4.69) is 228 Å². The maximum absolute atomic E-state index is 2.41. The first-order valence-electron chi connectivity index (χ1n) is 19.3. The number of benzene rings is 9. The summed E-state index contributed by atoms with van der Waals surface area (Å²) in [6, 6.07) is 79.3. The molecule has 0 bridgehead atoms. The monoisotopic (exact) mass is 712 g/mol. The van der Waals surface area contributed by atoms with E-state index in [1.54, 1.807) is 0 Å². The lowest BCUT2D eigenvalue weighted by Gasteiger charge is -2.11. The van der Waals surface area contributed by atoms with Gasteiger partial charge in [-0.15, -0.1) is 0 Å². The SMILES string of the molecule is c1ccc(-c2cccc(-c3ccc(-c4ccc5c6ccccc6n(-c6ccc(-c7ccc8c(c7)c7ccccc7n8-c7ccccc7)cc6)c5c4)cc3)c2)cc1. The van der Waals surface area contributed by atoms with Gasteiger partial charge >= 0.3 is 0 Å². The molecule has 56 heavy (non-hydrogen) atoms. The van der Waals surface area contributed by atoms with Gasteiger partial charge in [-0.3, -0.25) is 0 Å². The van der Waals surface area contributed by atoms with Crippen LogP contribution in [0.3, 0.4) is 0 Å². The lowest BCUT2D eigenvalue weighted by Crippen LogP contribution is -1.94. The zero-order chi connectivity index (χ0) is 37.0. The first-order chi connectivity index (χ1) is 27.8. The summed E-state index contributed by atoms with van der Waals surface area (Å²) in [7, 11) is 0. The lowest BCUT2D eigenvalue weighted by molar-refractivity contribution is 1.18. The molecule has 0 amide bonds. The Balaban J connectivity index is 0.958. The van der Waals surface area contributed by atoms with Gasteiger partial charge < -0.3 is 9.13 Å². The summed E-state index contributed by atoms with van der Waals surface area (Å²) in [4.78, 5) is 0. The van der Waals surface area contributed by atoms with Crippen molar-refractivity contribution < 1.29 is 0 Å². The molecule has 2 heterocycles. The van der Waals surface area contributed by atoms with E-state index >= 15 is 0 Å². The van der Waals surface area contributed by atoms with E-state index < -0.39 is 0 Å². The molecule has 2 heteroatoms. The highest BCUT2D eigenvalue weighted by molar-refractivity contribution is 6.11. The summed E-state index contributed by atoms with van der Waals surface area (Å²) in [5, 5.41) is 5.03. The number of nitrogens with zero attached hydrogens (tertiary/aromatic N) is 2. The standard InChI is InChI=1S/C54H36N2/c1-3-12-37(13-4-1)41-14-11-15-42(34-41)38-22-24-39(25-23-38)44-28-32-49-47-18-7-9-20-51(47)56(54(49)36-44)46-30-26-40(27-31-46)43-29-33-53-50(35-43)48-19-8-10-21-52(48)55(53)45-16-5-2-6-17-45/h1-36H. The molecular formula is C54H36N2. The van der Waals surface area contributed by atoms with Crippen molar-refractivity contribution >= 4 is 43.6 Å². The van der Waals surface area contributed by atoms with Gasteiger partial charge in [-0.1, -0.05) is 158 Å². The Morgan fingerprint density at radius 3 is 1.25 bits per heavy atom. The molecular weight excluding hydrogens is 677 g/mol. The third kappa shape index (κ3) is 5.34. The molecule has 0 fully saturated rings. The van der Waals surface area contributed by atoms with Gasteiger partial charge in [-0.25, -0.2) is 0 Å². The van der Waals surface area contributed by atoms with Crippen molar-refractivity contribution in [1.82, 2.24) is 9.13 Å². The van der Waals surface area contributed by atoms with Gasteiger partial charge in [0.1, 0.15) is 0 Å². The average Bonchev–Trinajstić information content (AvgIpc) is 3.79. The number of hydrogen-bond donors (Lipinski definition) is 0. The molecule has 0 saturated heterocycles. The van der Waals surface area contributed by atoms with E-state index in [1.807, 2.05) is 0 Å². The van der Waals surface area contributed by atoms with Crippen molar-refractivity contribution in [3.8, 4) is 55.9 Å². The number of hydrogen-bond acceptors (Lipinski definition) is 0. The minimum absolute atomic E-state index is 1.15. The maximum Gasteiger partial charge on any atom is 0.0547 e. The van der Waals surface area contributed by atoms with Crippen LogP contribution in [0, 0.1) is 0 Å². The van der Waals surface area contributed by atoms with Crippen LogP contribution >= 0.6 is 0 Å². The predicted octanol–water partition coefficient (Wildman–Crippen LogP) is 14.5. The van der Waals surface area contributed by atoms with E-state index in [4.69, 9.17) is 0 Å². The van der Waals surface area contributed by atoms with Crippen LogP contribution in [0.25, 0.3) is 99.5 Å². The highest BCUT2D eigenvalue weighted by atomic mass is 15.0. The van der Waals surface area contributed by atoms with Crippen molar-refractivity contribution in [1.29, 1.82) is 0 Å². The molecule has 2 nitrogen and oxygen atoms in total. The van der Waals surface area contributed by atoms with Gasteiger partial charge in [0.25, 0.3) is 0 Å². The van der Waals surface area contributed by atoms with Crippen molar-refractivity contribution in [2.45, 2.75) is 0 Å². The molecule has 262 valence electrons. The molecule has 0 saturated carbocycles. The first-order valence-corrected chi connectivity index (χ1v) is 19.3. The normalized spacial score (nSPS) is 11.6. The topological polar surface area (TPSA) is 9.86 Å². The summed E-state index contributed by atoms with van der Waals surface area (Å²) in [6.45, 7) is 0. The van der Waals surface area contributed by atoms with Crippen molar-refractivity contribution in [2.24, 2.45) is 0 Å². The van der Waals surface area contributed by atoms with Crippen LogP contribution in [0.1, 0.15) is 0 Å². The predicted molar refractivity (Wildman–Crippen MR) is 237 cm³/mol. The quantitative estimate of drug-likeness (QED) is 0.162. The highest BCUT2D eigenvalue weighted by Crippen LogP contribution is 2.38. The Hall–Kier alpha value is -7.42. The second kappa shape index (κ2) is 13.2. The fraction of sp³-hybridized carbons (Fsp3) is 0. The zero-order valence-electron chi connectivity index (χ0n) is 30.7. The highest BCUT2D eigenvalue weighted by Gasteiger charge is 2.16. The fourth-order valence-corrected chi connectivity index (χ4v) is 8.60. The number of para-hydroxylation sites is 3. The fourth-order valence-electron chi connectivity index (χ4n) is 8.60. The molecule has 0 N–H and O–H groups in total. The number of aromatic nitrogens is 2. The van der Waals surface area contributed by atoms with E-state index in [0.29, 0.717) is 0 Å². The largest absolute Gasteiger partial charge is 0.309 e. The van der Waals surface area contributed by atoms with Crippen molar-refractivity contribution in [2.75, 3.05) is 0 Å². The number of fused-ring (bicyclic) bond motifs is 6. The summed E-state index contributed by atoms with van der Waals surface area (Å²) in [6.07, 6.45) is 0. The molecule has 9 aromatic carbocycles. The maximum atomic E-state index is 2.41. The third-order valence-electron chi connectivity index (χ3n) is 11.3. The summed E-state index contributed by atoms with van der Waals surface area (Å²) < 4.78 is 4.78. The zero-order valence-corrected chi connectivity index (χ0v) is 30.7. The average molecular weight is 713 g/mol. The lowest BCUT2D eigenvalue weighted by atomic mass is 9.97. The van der Waals surface area contributed by atoms with Gasteiger partial charge in [0.2, 0.25) is 0 Å². The van der Waals surface area contributed by atoms with Crippen molar-refractivity contribution in [3.63, 3.8) is 0 Å². The Labute approximate surface area is 325 Å². The molecule has 0 atom stereocenters. The summed E-state index contributed by atoms with van der Waals surface area (Å²) in [5.41, 5.74) is 16.9. The molecule has 2 aromatic heterocycles. The molecule has 0 radical (unpaired) electrons. The molecule has 11 aromatic rings. The summed E-state index contributed by atoms with van der Waals surface area (Å²) in [5.74, 6) is 0. The molecule has 0 aliphatic heterocycles. The minimum atomic E-state index is 1.15. The first kappa shape index (κ1) is 32.0. The van der Waals surface area contributed by atoms with E-state index in [0.717, 1.165) is 5.69 Å². The Bertz CT molecular complexity index is 3200. The van der Waals surface area contributed by atoms with Crippen LogP contribution in [0.4, 0.5) is 0 Å². The smallest absolute Gasteiger partial charge is 0.0547 e. The molecule has 11 rings (SSSR count). The van der Waals surface area contributed by atoms with Crippen LogP contribution in [0.2, 0.25) is 0 Å². The van der Waals surface area contributed by atoms with Crippen LogP contribution < -0.4 is 0 Å². The second-order valence-electron chi connectivity index (χ2n) is 14.6. The molecule has 0 aliphatic rings. The molecule has 0 spiro atoms. The second-order valence-corrected chi connectivity index (χ2v) is 14.6. The number of rotatable bonds is 6. The Morgan fingerprint density at radius 1 is 0.196 bits per heavy atom. The minimum Gasteiger partial charge on any atom is -0.309 e. The van der Waals surface area contributed by atoms with E-state index in [-0.39, 0.29) is 0 Å². The van der Waals surface area contributed by atoms with Crippen LogP contribution in [-0.2, 0) is 0 Å². The van der Waals surface area contributed by atoms with Crippen molar-refractivity contribution in [3.05, 3.63) is 218 Å². The van der Waals surface area contributed by atoms with Gasteiger partial charge in [-0.2, -0.15) is 0 Å². The van der Waals surface area contributed by atoms with Crippen LogP contribution in [0.15, 0.2) is 218 Å². The van der Waals surface area contributed by atoms with Gasteiger partial charge in [0.05, 0.1) is 22.1 Å². The van der Waals surface area contributed by atoms with Gasteiger partial charge in [-0.05, 0) is 105 Å². The third-order valence-corrected chi connectivity index (χ3v) is 11.3. The molecule has 0 unspecified atom stereocenters.